The molecule has 5 nitrogen and oxygen atoms in total. The number of amides is 1. The van der Waals surface area contributed by atoms with Gasteiger partial charge in [0.05, 0.1) is 16.9 Å². The zero-order valence-electron chi connectivity index (χ0n) is 14.1. The number of pyridine rings is 1. The van der Waals surface area contributed by atoms with Crippen LogP contribution in [0.5, 0.6) is 0 Å². The third-order valence-electron chi connectivity index (χ3n) is 4.63. The normalized spacial score (nSPS) is 16.5. The summed E-state index contributed by atoms with van der Waals surface area (Å²) in [4.78, 5) is 19.2. The number of H-pyrrole nitrogens is 1. The van der Waals surface area contributed by atoms with Crippen molar-refractivity contribution in [3.05, 3.63) is 53.4 Å². The van der Waals surface area contributed by atoms with Gasteiger partial charge >= 0.3 is 0 Å². The third-order valence-corrected chi connectivity index (χ3v) is 4.95. The summed E-state index contributed by atoms with van der Waals surface area (Å²) in [7, 11) is 0. The van der Waals surface area contributed by atoms with Crippen LogP contribution in [0.15, 0.2) is 42.6 Å². The highest BCUT2D eigenvalue weighted by Crippen LogP contribution is 2.22. The second-order valence-corrected chi connectivity index (χ2v) is 6.64. The lowest BCUT2D eigenvalue weighted by atomic mass is 10.2. The second-order valence-electron chi connectivity index (χ2n) is 6.23. The Balaban J connectivity index is 1.56. The summed E-state index contributed by atoms with van der Waals surface area (Å²) in [5.74, 6) is 0.565. The maximum absolute atomic E-state index is 13.1. The molecule has 0 aliphatic carbocycles. The summed E-state index contributed by atoms with van der Waals surface area (Å²) >= 11 is 5.98. The molecule has 1 amide bonds. The zero-order valence-corrected chi connectivity index (χ0v) is 14.8. The lowest BCUT2D eigenvalue weighted by Crippen LogP contribution is -3.19. The minimum Gasteiger partial charge on any atom is -0.320 e. The highest BCUT2D eigenvalue weighted by Gasteiger charge is 2.32. The van der Waals surface area contributed by atoms with Crippen molar-refractivity contribution < 1.29 is 19.1 Å². The predicted molar refractivity (Wildman–Crippen MR) is 95.4 cm³/mol. The summed E-state index contributed by atoms with van der Waals surface area (Å²) in [6, 6.07) is 9.78. The molecule has 0 saturated carbocycles. The van der Waals surface area contributed by atoms with Gasteiger partial charge in [-0.3, -0.25) is 9.69 Å². The number of piperazine rings is 1. The Kier molecular flexibility index (Phi) is 5.50. The number of nitrogens with one attached hydrogen (secondary N) is 3. The van der Waals surface area contributed by atoms with E-state index in [1.807, 2.05) is 25.3 Å². The number of nitrogens with zero attached hydrogens (tertiary/aromatic N) is 1. The molecule has 1 saturated heterocycles. The quantitative estimate of drug-likeness (QED) is 0.851. The SMILES string of the molecule is C[C@@H](C(=O)Nc1ccc(F)cc1Cl)[NH+]1CCN(c2cccc[nH+]2)CC1. The highest BCUT2D eigenvalue weighted by atomic mass is 35.5. The van der Waals surface area contributed by atoms with Gasteiger partial charge in [0.25, 0.3) is 11.7 Å². The first-order chi connectivity index (χ1) is 12.0. The van der Waals surface area contributed by atoms with Crippen molar-refractivity contribution in [3.63, 3.8) is 0 Å². The first-order valence-electron chi connectivity index (χ1n) is 8.37. The van der Waals surface area contributed by atoms with Crippen molar-refractivity contribution in [1.29, 1.82) is 0 Å². The Labute approximate surface area is 151 Å². The van der Waals surface area contributed by atoms with Crippen LogP contribution in [0.2, 0.25) is 5.02 Å². The molecular weight excluding hydrogens is 343 g/mol. The van der Waals surface area contributed by atoms with Crippen molar-refractivity contribution in [3.8, 4) is 0 Å². The van der Waals surface area contributed by atoms with Gasteiger partial charge in [-0.05, 0) is 31.2 Å². The van der Waals surface area contributed by atoms with Crippen LogP contribution in [-0.4, -0.2) is 38.1 Å². The molecule has 1 aliphatic heterocycles. The van der Waals surface area contributed by atoms with Gasteiger partial charge in [0, 0.05) is 6.07 Å². The molecule has 3 rings (SSSR count). The van der Waals surface area contributed by atoms with Gasteiger partial charge in [0.15, 0.2) is 6.04 Å². The minimum absolute atomic E-state index is 0.108. The number of hydrogen-bond donors (Lipinski definition) is 2. The molecule has 1 atom stereocenters. The molecular formula is C18H22ClFN4O+2. The number of quaternary nitrogens is 1. The number of aromatic nitrogens is 1. The maximum Gasteiger partial charge on any atom is 0.282 e. The van der Waals surface area contributed by atoms with Crippen LogP contribution in [0.3, 0.4) is 0 Å². The number of anilines is 2. The summed E-state index contributed by atoms with van der Waals surface area (Å²) in [5, 5.41) is 3.01. The van der Waals surface area contributed by atoms with Crippen LogP contribution in [0.4, 0.5) is 15.9 Å². The summed E-state index contributed by atoms with van der Waals surface area (Å²) in [6.45, 7) is 5.41. The van der Waals surface area contributed by atoms with Gasteiger partial charge < -0.3 is 10.2 Å². The van der Waals surface area contributed by atoms with Gasteiger partial charge in [-0.25, -0.2) is 9.37 Å². The number of carbonyl (C=O) groups is 1. The molecule has 0 unspecified atom stereocenters. The van der Waals surface area contributed by atoms with E-state index < -0.39 is 5.82 Å². The molecule has 0 bridgehead atoms. The van der Waals surface area contributed by atoms with E-state index in [0.717, 1.165) is 32.0 Å². The Morgan fingerprint density at radius 1 is 1.32 bits per heavy atom. The topological polar surface area (TPSA) is 50.9 Å². The van der Waals surface area contributed by atoms with E-state index in [9.17, 15) is 9.18 Å². The van der Waals surface area contributed by atoms with Crippen LogP contribution in [0.25, 0.3) is 0 Å². The Morgan fingerprint density at radius 3 is 2.72 bits per heavy atom. The molecule has 7 heteroatoms. The van der Waals surface area contributed by atoms with Gasteiger partial charge in [-0.1, -0.05) is 17.7 Å². The number of hydrogen-bond acceptors (Lipinski definition) is 2. The summed E-state index contributed by atoms with van der Waals surface area (Å²) in [5.41, 5.74) is 0.442. The third kappa shape index (κ3) is 4.27. The van der Waals surface area contributed by atoms with Crippen molar-refractivity contribution in [2.45, 2.75) is 13.0 Å². The number of aromatic amines is 1. The van der Waals surface area contributed by atoms with E-state index in [0.29, 0.717) is 5.69 Å². The van der Waals surface area contributed by atoms with E-state index in [1.54, 1.807) is 0 Å². The van der Waals surface area contributed by atoms with Crippen molar-refractivity contribution in [2.75, 3.05) is 36.4 Å². The fourth-order valence-corrected chi connectivity index (χ4v) is 3.28. The smallest absolute Gasteiger partial charge is 0.282 e. The Hall–Kier alpha value is -2.18. The van der Waals surface area contributed by atoms with E-state index >= 15 is 0 Å². The predicted octanol–water partition coefficient (Wildman–Crippen LogP) is 1.03. The molecule has 1 fully saturated rings. The minimum atomic E-state index is -0.421. The number of carbonyl (C=O) groups excluding carboxylic acids is 1. The molecule has 3 N–H and O–H groups in total. The summed E-state index contributed by atoms with van der Waals surface area (Å²) in [6.07, 6.45) is 1.91. The van der Waals surface area contributed by atoms with Crippen molar-refractivity contribution >= 4 is 29.0 Å². The average molecular weight is 365 g/mol. The van der Waals surface area contributed by atoms with Gasteiger partial charge in [-0.2, -0.15) is 0 Å². The fraction of sp³-hybridized carbons (Fsp3) is 0.333. The fourth-order valence-electron chi connectivity index (χ4n) is 3.07. The standard InChI is InChI=1S/C18H20ClFN4O/c1-13(18(25)22-16-6-5-14(20)12-15(16)19)23-8-10-24(11-9-23)17-4-2-3-7-21-17/h2-7,12-13H,8-11H2,1H3,(H,22,25)/p+2/t13-/m0/s1. The second kappa shape index (κ2) is 7.80. The lowest BCUT2D eigenvalue weighted by Gasteiger charge is -2.31. The molecule has 132 valence electrons. The lowest BCUT2D eigenvalue weighted by molar-refractivity contribution is -0.914. The number of benzene rings is 1. The first-order valence-corrected chi connectivity index (χ1v) is 8.74. The molecule has 2 aromatic rings. The molecule has 2 heterocycles. The van der Waals surface area contributed by atoms with Crippen LogP contribution < -0.4 is 20.1 Å². The Bertz CT molecular complexity index is 735. The van der Waals surface area contributed by atoms with Gasteiger partial charge in [0.1, 0.15) is 32.0 Å². The molecule has 1 aromatic carbocycles. The van der Waals surface area contributed by atoms with Crippen LogP contribution in [0, 0.1) is 5.82 Å². The van der Waals surface area contributed by atoms with E-state index in [2.05, 4.69) is 21.3 Å². The van der Waals surface area contributed by atoms with Crippen molar-refractivity contribution in [2.24, 2.45) is 0 Å². The van der Waals surface area contributed by atoms with Gasteiger partial charge in [0.2, 0.25) is 0 Å². The largest absolute Gasteiger partial charge is 0.320 e. The average Bonchev–Trinajstić information content (AvgIpc) is 2.64. The maximum atomic E-state index is 13.1. The molecule has 1 aromatic heterocycles. The molecule has 1 aliphatic rings. The number of halogens is 2. The Morgan fingerprint density at radius 2 is 2.08 bits per heavy atom. The van der Waals surface area contributed by atoms with Crippen LogP contribution in [-0.2, 0) is 4.79 Å². The van der Waals surface area contributed by atoms with E-state index in [4.69, 9.17) is 11.6 Å². The molecule has 25 heavy (non-hydrogen) atoms. The van der Waals surface area contributed by atoms with E-state index in [-0.39, 0.29) is 17.0 Å². The summed E-state index contributed by atoms with van der Waals surface area (Å²) < 4.78 is 13.1. The first kappa shape index (κ1) is 17.6. The highest BCUT2D eigenvalue weighted by molar-refractivity contribution is 6.33. The zero-order chi connectivity index (χ0) is 17.8. The number of rotatable bonds is 4. The van der Waals surface area contributed by atoms with E-state index in [1.165, 1.54) is 23.1 Å². The van der Waals surface area contributed by atoms with Crippen LogP contribution in [0.1, 0.15) is 6.92 Å². The molecule has 0 spiro atoms. The van der Waals surface area contributed by atoms with Gasteiger partial charge in [-0.15, -0.1) is 0 Å². The van der Waals surface area contributed by atoms with Crippen LogP contribution >= 0.6 is 11.6 Å². The monoisotopic (exact) mass is 364 g/mol. The van der Waals surface area contributed by atoms with Crippen molar-refractivity contribution in [1.82, 2.24) is 0 Å². The molecule has 0 radical (unpaired) electrons.